The quantitative estimate of drug-likeness (QED) is 0.729. The molecule has 0 spiro atoms. The molecule has 0 aromatic heterocycles. The van der Waals surface area contributed by atoms with Gasteiger partial charge in [0.15, 0.2) is 0 Å². The lowest BCUT2D eigenvalue weighted by molar-refractivity contribution is -0.122. The second kappa shape index (κ2) is 7.23. The number of hydrogen-bond donors (Lipinski definition) is 2. The van der Waals surface area contributed by atoms with Gasteiger partial charge in [-0.05, 0) is 56.2 Å². The summed E-state index contributed by atoms with van der Waals surface area (Å²) in [5.74, 6) is 0.298. The van der Waals surface area contributed by atoms with Gasteiger partial charge in [-0.1, -0.05) is 24.3 Å². The van der Waals surface area contributed by atoms with Crippen LogP contribution in [0.2, 0.25) is 0 Å². The monoisotopic (exact) mass is 378 g/mol. The third-order valence-electron chi connectivity index (χ3n) is 5.30. The number of amides is 2. The third-order valence-corrected chi connectivity index (χ3v) is 8.05. The smallest absolute Gasteiger partial charge is 0.236 e. The van der Waals surface area contributed by atoms with Gasteiger partial charge in [-0.25, -0.2) is 0 Å². The zero-order chi connectivity index (χ0) is 18.1. The van der Waals surface area contributed by atoms with Crippen LogP contribution in [0, 0.1) is 0 Å². The fourth-order valence-electron chi connectivity index (χ4n) is 2.95. The lowest BCUT2D eigenvalue weighted by atomic mass is 10.1. The lowest BCUT2D eigenvalue weighted by Crippen LogP contribution is -2.35. The summed E-state index contributed by atoms with van der Waals surface area (Å²) in [6.45, 7) is 2.57. The van der Waals surface area contributed by atoms with Crippen molar-refractivity contribution in [3.8, 4) is 0 Å². The molecule has 0 heterocycles. The number of carbonyl (C=O) groups excluding carboxylic acids is 2. The van der Waals surface area contributed by atoms with Gasteiger partial charge in [0.2, 0.25) is 11.8 Å². The third kappa shape index (κ3) is 4.00. The molecule has 1 aromatic carbocycles. The molecule has 2 N–H and O–H groups in total. The average molecular weight is 379 g/mol. The van der Waals surface area contributed by atoms with Gasteiger partial charge in [0.25, 0.3) is 0 Å². The van der Waals surface area contributed by atoms with Gasteiger partial charge in [-0.15, -0.1) is 23.5 Å². The molecule has 2 fully saturated rings. The number of thioether (sulfide) groups is 2. The molecule has 2 aliphatic carbocycles. The van der Waals surface area contributed by atoms with Crippen molar-refractivity contribution in [1.29, 1.82) is 0 Å². The Bertz CT molecular complexity index is 652. The standard InChI is InChI=1S/C19H26N2O2S2/c1-13(21-17(23)19(25-3)10-11-19)15-6-4-14(5-7-15)12-20-16(22)18(24-2)8-9-18/h4-7,13H,8-12H2,1-3H3,(H,20,22)(H,21,23). The number of carbonyl (C=O) groups is 2. The minimum Gasteiger partial charge on any atom is -0.351 e. The zero-order valence-corrected chi connectivity index (χ0v) is 16.7. The molecule has 1 atom stereocenters. The van der Waals surface area contributed by atoms with Crippen molar-refractivity contribution in [2.75, 3.05) is 12.5 Å². The van der Waals surface area contributed by atoms with Crippen LogP contribution < -0.4 is 10.6 Å². The highest BCUT2D eigenvalue weighted by atomic mass is 32.2. The van der Waals surface area contributed by atoms with E-state index >= 15 is 0 Å². The van der Waals surface area contributed by atoms with E-state index in [-0.39, 0.29) is 27.4 Å². The minimum absolute atomic E-state index is 0.00742. The van der Waals surface area contributed by atoms with Crippen LogP contribution >= 0.6 is 23.5 Å². The van der Waals surface area contributed by atoms with E-state index in [1.807, 2.05) is 43.7 Å². The molecular weight excluding hydrogens is 352 g/mol. The van der Waals surface area contributed by atoms with Gasteiger partial charge in [-0.2, -0.15) is 0 Å². The largest absolute Gasteiger partial charge is 0.351 e. The Morgan fingerprint density at radius 3 is 2.00 bits per heavy atom. The molecule has 0 bridgehead atoms. The van der Waals surface area contributed by atoms with Crippen LogP contribution in [0.4, 0.5) is 0 Å². The van der Waals surface area contributed by atoms with Gasteiger partial charge in [0.05, 0.1) is 15.5 Å². The van der Waals surface area contributed by atoms with Crippen LogP contribution in [0.25, 0.3) is 0 Å². The van der Waals surface area contributed by atoms with E-state index in [2.05, 4.69) is 10.6 Å². The first kappa shape index (κ1) is 18.6. The van der Waals surface area contributed by atoms with Crippen LogP contribution in [0.15, 0.2) is 24.3 Å². The normalized spacial score (nSPS) is 20.4. The van der Waals surface area contributed by atoms with E-state index in [0.29, 0.717) is 6.54 Å². The predicted molar refractivity (Wildman–Crippen MR) is 106 cm³/mol. The molecule has 1 aromatic rings. The topological polar surface area (TPSA) is 58.2 Å². The maximum Gasteiger partial charge on any atom is 0.236 e. The molecule has 2 amide bonds. The molecule has 2 saturated carbocycles. The molecule has 136 valence electrons. The van der Waals surface area contributed by atoms with Gasteiger partial charge in [0.1, 0.15) is 0 Å². The number of hydrogen-bond acceptors (Lipinski definition) is 4. The molecule has 25 heavy (non-hydrogen) atoms. The number of benzene rings is 1. The van der Waals surface area contributed by atoms with Crippen molar-refractivity contribution in [2.24, 2.45) is 0 Å². The van der Waals surface area contributed by atoms with Crippen LogP contribution in [0.3, 0.4) is 0 Å². The lowest BCUT2D eigenvalue weighted by Gasteiger charge is -2.19. The summed E-state index contributed by atoms with van der Waals surface area (Å²) in [6.07, 6.45) is 7.91. The number of rotatable bonds is 8. The Kier molecular flexibility index (Phi) is 5.40. The molecule has 0 aliphatic heterocycles. The second-order valence-electron chi connectivity index (χ2n) is 7.02. The van der Waals surface area contributed by atoms with E-state index in [9.17, 15) is 9.59 Å². The van der Waals surface area contributed by atoms with Crippen LogP contribution in [0.5, 0.6) is 0 Å². The van der Waals surface area contributed by atoms with E-state index in [0.717, 1.165) is 36.8 Å². The second-order valence-corrected chi connectivity index (χ2v) is 9.40. The van der Waals surface area contributed by atoms with Crippen molar-refractivity contribution in [3.05, 3.63) is 35.4 Å². The van der Waals surface area contributed by atoms with Crippen molar-refractivity contribution in [2.45, 2.75) is 54.7 Å². The summed E-state index contributed by atoms with van der Waals surface area (Å²) in [4.78, 5) is 24.5. The summed E-state index contributed by atoms with van der Waals surface area (Å²) in [6, 6.07) is 8.11. The maximum atomic E-state index is 12.3. The van der Waals surface area contributed by atoms with Crippen LogP contribution in [-0.2, 0) is 16.1 Å². The molecular formula is C19H26N2O2S2. The van der Waals surface area contributed by atoms with Gasteiger partial charge in [-0.3, -0.25) is 9.59 Å². The van der Waals surface area contributed by atoms with Crippen LogP contribution in [-0.4, -0.2) is 33.8 Å². The Morgan fingerprint density at radius 1 is 1.00 bits per heavy atom. The van der Waals surface area contributed by atoms with Crippen molar-refractivity contribution in [3.63, 3.8) is 0 Å². The first-order valence-corrected chi connectivity index (χ1v) is 11.2. The van der Waals surface area contributed by atoms with Crippen molar-refractivity contribution < 1.29 is 9.59 Å². The van der Waals surface area contributed by atoms with E-state index < -0.39 is 0 Å². The first-order chi connectivity index (χ1) is 11.9. The molecule has 6 heteroatoms. The highest BCUT2D eigenvalue weighted by molar-refractivity contribution is 8.01. The van der Waals surface area contributed by atoms with E-state index in [1.54, 1.807) is 23.5 Å². The van der Waals surface area contributed by atoms with Crippen molar-refractivity contribution >= 4 is 35.3 Å². The SMILES string of the molecule is CSC1(C(=O)NCc2ccc(C(C)NC(=O)C3(SC)CC3)cc2)CC1. The van der Waals surface area contributed by atoms with Crippen LogP contribution in [0.1, 0.15) is 49.8 Å². The molecule has 0 radical (unpaired) electrons. The summed E-state index contributed by atoms with van der Waals surface area (Å²) >= 11 is 3.30. The summed E-state index contributed by atoms with van der Waals surface area (Å²) < 4.78 is -0.358. The molecule has 3 rings (SSSR count). The molecule has 2 aliphatic rings. The fourth-order valence-corrected chi connectivity index (χ4v) is 4.48. The molecule has 0 saturated heterocycles. The Morgan fingerprint density at radius 2 is 1.52 bits per heavy atom. The van der Waals surface area contributed by atoms with Crippen molar-refractivity contribution in [1.82, 2.24) is 10.6 Å². The van der Waals surface area contributed by atoms with E-state index in [4.69, 9.17) is 0 Å². The highest BCUT2D eigenvalue weighted by Gasteiger charge is 2.50. The molecule has 4 nitrogen and oxygen atoms in total. The van der Waals surface area contributed by atoms with Gasteiger partial charge < -0.3 is 10.6 Å². The molecule has 1 unspecified atom stereocenters. The fraction of sp³-hybridized carbons (Fsp3) is 0.579. The highest BCUT2D eigenvalue weighted by Crippen LogP contribution is 2.48. The van der Waals surface area contributed by atoms with Gasteiger partial charge >= 0.3 is 0 Å². The summed E-state index contributed by atoms with van der Waals surface area (Å²) in [7, 11) is 0. The van der Waals surface area contributed by atoms with E-state index in [1.165, 1.54) is 0 Å². The zero-order valence-electron chi connectivity index (χ0n) is 15.1. The Balaban J connectivity index is 1.51. The summed E-state index contributed by atoms with van der Waals surface area (Å²) in [5, 5.41) is 6.16. The minimum atomic E-state index is -0.186. The Hall–Kier alpha value is -1.14. The number of nitrogens with one attached hydrogen (secondary N) is 2. The predicted octanol–water partition coefficient (Wildman–Crippen LogP) is 3.27. The first-order valence-electron chi connectivity index (χ1n) is 8.73. The summed E-state index contributed by atoms with van der Waals surface area (Å²) in [5.41, 5.74) is 2.17. The average Bonchev–Trinajstić information content (AvgIpc) is 3.54. The Labute approximate surface area is 158 Å². The van der Waals surface area contributed by atoms with Gasteiger partial charge in [0, 0.05) is 6.54 Å². The maximum absolute atomic E-state index is 12.3.